The van der Waals surface area contributed by atoms with E-state index in [2.05, 4.69) is 29.6 Å². The number of aryl methyl sites for hydroxylation is 1. The standard InChI is InChI=1S/C18H19NOS/c20-18(19-15-9-2-1-3-10-15)13-21-17-12-6-8-14-7-4-5-11-16(14)17/h1-5,7,9-11,17H,6,8,12-13H2,(H,19,20). The molecule has 1 N–H and O–H groups in total. The van der Waals surface area contributed by atoms with Crippen molar-refractivity contribution in [2.45, 2.75) is 24.5 Å². The summed E-state index contributed by atoms with van der Waals surface area (Å²) >= 11 is 1.76. The Hall–Kier alpha value is -1.74. The first-order valence-electron chi connectivity index (χ1n) is 7.37. The fraction of sp³-hybridized carbons (Fsp3) is 0.278. The van der Waals surface area contributed by atoms with E-state index in [1.165, 1.54) is 30.4 Å². The van der Waals surface area contributed by atoms with Crippen LogP contribution in [0.5, 0.6) is 0 Å². The zero-order valence-corrected chi connectivity index (χ0v) is 12.7. The number of hydrogen-bond acceptors (Lipinski definition) is 2. The molecule has 108 valence electrons. The lowest BCUT2D eigenvalue weighted by Crippen LogP contribution is -2.16. The fourth-order valence-electron chi connectivity index (χ4n) is 2.78. The number of thioether (sulfide) groups is 1. The molecule has 0 saturated heterocycles. The summed E-state index contributed by atoms with van der Waals surface area (Å²) < 4.78 is 0. The fourth-order valence-corrected chi connectivity index (χ4v) is 3.94. The third kappa shape index (κ3) is 3.67. The Bertz CT molecular complexity index is 612. The van der Waals surface area contributed by atoms with Crippen molar-refractivity contribution < 1.29 is 4.79 Å². The third-order valence-corrected chi connectivity index (χ3v) is 5.11. The van der Waals surface area contributed by atoms with E-state index in [0.29, 0.717) is 11.0 Å². The van der Waals surface area contributed by atoms with Crippen LogP contribution in [-0.2, 0) is 11.2 Å². The highest BCUT2D eigenvalue weighted by molar-refractivity contribution is 8.00. The van der Waals surface area contributed by atoms with Gasteiger partial charge in [0.1, 0.15) is 0 Å². The Labute approximate surface area is 130 Å². The molecule has 0 bridgehead atoms. The first kappa shape index (κ1) is 14.2. The van der Waals surface area contributed by atoms with Gasteiger partial charge in [-0.15, -0.1) is 11.8 Å². The predicted octanol–water partition coefficient (Wildman–Crippen LogP) is 4.44. The van der Waals surface area contributed by atoms with Crippen LogP contribution in [0.2, 0.25) is 0 Å². The summed E-state index contributed by atoms with van der Waals surface area (Å²) in [6.45, 7) is 0. The quantitative estimate of drug-likeness (QED) is 0.904. The zero-order valence-electron chi connectivity index (χ0n) is 11.9. The van der Waals surface area contributed by atoms with Crippen molar-refractivity contribution in [3.05, 3.63) is 65.7 Å². The summed E-state index contributed by atoms with van der Waals surface area (Å²) in [5, 5.41) is 3.40. The van der Waals surface area contributed by atoms with Gasteiger partial charge < -0.3 is 5.32 Å². The summed E-state index contributed by atoms with van der Waals surface area (Å²) in [4.78, 5) is 12.0. The first-order valence-corrected chi connectivity index (χ1v) is 8.42. The number of carbonyl (C=O) groups excluding carboxylic acids is 1. The minimum atomic E-state index is 0.0780. The van der Waals surface area contributed by atoms with E-state index < -0.39 is 0 Å². The topological polar surface area (TPSA) is 29.1 Å². The SMILES string of the molecule is O=C(CSC1CCCc2ccccc21)Nc1ccccc1. The van der Waals surface area contributed by atoms with Gasteiger partial charge in [-0.25, -0.2) is 0 Å². The van der Waals surface area contributed by atoms with E-state index in [0.717, 1.165) is 5.69 Å². The lowest BCUT2D eigenvalue weighted by molar-refractivity contribution is -0.113. The number of hydrogen-bond donors (Lipinski definition) is 1. The van der Waals surface area contributed by atoms with Crippen LogP contribution >= 0.6 is 11.8 Å². The molecule has 1 aliphatic carbocycles. The molecule has 1 unspecified atom stereocenters. The van der Waals surface area contributed by atoms with E-state index in [1.54, 1.807) is 11.8 Å². The van der Waals surface area contributed by atoms with Crippen LogP contribution < -0.4 is 5.32 Å². The summed E-state index contributed by atoms with van der Waals surface area (Å²) in [5.74, 6) is 0.586. The summed E-state index contributed by atoms with van der Waals surface area (Å²) in [6.07, 6.45) is 3.55. The molecule has 21 heavy (non-hydrogen) atoms. The largest absolute Gasteiger partial charge is 0.325 e. The van der Waals surface area contributed by atoms with Crippen molar-refractivity contribution in [1.82, 2.24) is 0 Å². The van der Waals surface area contributed by atoms with E-state index >= 15 is 0 Å². The second-order valence-corrected chi connectivity index (χ2v) is 6.50. The van der Waals surface area contributed by atoms with Gasteiger partial charge in [0.15, 0.2) is 0 Å². The van der Waals surface area contributed by atoms with Crippen molar-refractivity contribution >= 4 is 23.4 Å². The van der Waals surface area contributed by atoms with Gasteiger partial charge in [0, 0.05) is 10.9 Å². The average molecular weight is 297 g/mol. The summed E-state index contributed by atoms with van der Waals surface area (Å²) in [5.41, 5.74) is 3.73. The maximum atomic E-state index is 12.0. The molecule has 0 radical (unpaired) electrons. The number of carbonyl (C=O) groups is 1. The first-order chi connectivity index (χ1) is 10.3. The number of benzene rings is 2. The maximum absolute atomic E-state index is 12.0. The van der Waals surface area contributed by atoms with E-state index in [9.17, 15) is 4.79 Å². The number of anilines is 1. The Balaban J connectivity index is 1.57. The van der Waals surface area contributed by atoms with Crippen LogP contribution in [0.3, 0.4) is 0 Å². The van der Waals surface area contributed by atoms with Crippen molar-refractivity contribution in [2.75, 3.05) is 11.1 Å². The lowest BCUT2D eigenvalue weighted by Gasteiger charge is -2.24. The van der Waals surface area contributed by atoms with Crippen LogP contribution in [0, 0.1) is 0 Å². The molecular weight excluding hydrogens is 278 g/mol. The number of nitrogens with one attached hydrogen (secondary N) is 1. The van der Waals surface area contributed by atoms with E-state index in [-0.39, 0.29) is 5.91 Å². The van der Waals surface area contributed by atoms with Gasteiger partial charge in [-0.3, -0.25) is 4.79 Å². The van der Waals surface area contributed by atoms with Gasteiger partial charge in [-0.2, -0.15) is 0 Å². The summed E-state index contributed by atoms with van der Waals surface area (Å²) in [6, 6.07) is 18.3. The van der Waals surface area contributed by atoms with Crippen molar-refractivity contribution in [3.63, 3.8) is 0 Å². The van der Waals surface area contributed by atoms with Crippen molar-refractivity contribution in [3.8, 4) is 0 Å². The minimum absolute atomic E-state index is 0.0780. The monoisotopic (exact) mass is 297 g/mol. The van der Waals surface area contributed by atoms with Crippen LogP contribution in [0.25, 0.3) is 0 Å². The molecule has 1 atom stereocenters. The molecule has 2 nitrogen and oxygen atoms in total. The van der Waals surface area contributed by atoms with Crippen LogP contribution in [-0.4, -0.2) is 11.7 Å². The molecule has 0 heterocycles. The molecule has 0 aliphatic heterocycles. The van der Waals surface area contributed by atoms with Crippen LogP contribution in [0.4, 0.5) is 5.69 Å². The highest BCUT2D eigenvalue weighted by Crippen LogP contribution is 2.39. The molecule has 0 saturated carbocycles. The minimum Gasteiger partial charge on any atom is -0.325 e. The number of amides is 1. The molecule has 0 aromatic heterocycles. The second-order valence-electron chi connectivity index (χ2n) is 5.30. The molecule has 0 spiro atoms. The van der Waals surface area contributed by atoms with Crippen LogP contribution in [0.15, 0.2) is 54.6 Å². The highest BCUT2D eigenvalue weighted by Gasteiger charge is 2.20. The number of para-hydroxylation sites is 1. The molecule has 1 amide bonds. The number of rotatable bonds is 4. The Morgan fingerprint density at radius 1 is 1.10 bits per heavy atom. The van der Waals surface area contributed by atoms with Crippen molar-refractivity contribution in [1.29, 1.82) is 0 Å². The van der Waals surface area contributed by atoms with Gasteiger partial charge in [-0.1, -0.05) is 42.5 Å². The Morgan fingerprint density at radius 3 is 2.71 bits per heavy atom. The van der Waals surface area contributed by atoms with Gasteiger partial charge in [0.25, 0.3) is 0 Å². The van der Waals surface area contributed by atoms with E-state index in [4.69, 9.17) is 0 Å². The highest BCUT2D eigenvalue weighted by atomic mass is 32.2. The molecule has 0 fully saturated rings. The summed E-state index contributed by atoms with van der Waals surface area (Å²) in [7, 11) is 0. The second kappa shape index (κ2) is 6.81. The van der Waals surface area contributed by atoms with Crippen molar-refractivity contribution in [2.24, 2.45) is 0 Å². The van der Waals surface area contributed by atoms with Crippen LogP contribution in [0.1, 0.15) is 29.2 Å². The molecule has 3 rings (SSSR count). The Kier molecular flexibility index (Phi) is 4.61. The number of fused-ring (bicyclic) bond motifs is 1. The van der Waals surface area contributed by atoms with Gasteiger partial charge >= 0.3 is 0 Å². The molecule has 1 aliphatic rings. The van der Waals surface area contributed by atoms with Gasteiger partial charge in [0.2, 0.25) is 5.91 Å². The normalized spacial score (nSPS) is 17.0. The average Bonchev–Trinajstić information content (AvgIpc) is 2.54. The van der Waals surface area contributed by atoms with Gasteiger partial charge in [-0.05, 0) is 42.5 Å². The Morgan fingerprint density at radius 2 is 1.86 bits per heavy atom. The smallest absolute Gasteiger partial charge is 0.234 e. The lowest BCUT2D eigenvalue weighted by atomic mass is 9.91. The molecule has 3 heteroatoms. The molecule has 2 aromatic carbocycles. The zero-order chi connectivity index (χ0) is 14.5. The molecule has 2 aromatic rings. The molecular formula is C18H19NOS. The predicted molar refractivity (Wildman–Crippen MR) is 89.7 cm³/mol. The third-order valence-electron chi connectivity index (χ3n) is 3.79. The maximum Gasteiger partial charge on any atom is 0.234 e. The van der Waals surface area contributed by atoms with E-state index in [1.807, 2.05) is 30.3 Å². The van der Waals surface area contributed by atoms with Gasteiger partial charge in [0.05, 0.1) is 5.75 Å².